The molecule has 0 aliphatic rings. The molecule has 0 aromatic carbocycles. The molecule has 0 spiro atoms. The monoisotopic (exact) mass is 174 g/mol. The Balaban J connectivity index is 3.73. The van der Waals surface area contributed by atoms with E-state index in [1.807, 2.05) is 0 Å². The molecule has 0 bridgehead atoms. The molecule has 0 atom stereocenters. The van der Waals surface area contributed by atoms with Gasteiger partial charge in [0.1, 0.15) is 0 Å². The second-order valence-electron chi connectivity index (χ2n) is 3.65. The van der Waals surface area contributed by atoms with Gasteiger partial charge in [-0.25, -0.2) is 0 Å². The van der Waals surface area contributed by atoms with Crippen molar-refractivity contribution in [1.29, 1.82) is 0 Å². The lowest BCUT2D eigenvalue weighted by molar-refractivity contribution is -0.299. The first kappa shape index (κ1) is 10.6. The van der Waals surface area contributed by atoms with Crippen LogP contribution in [-0.4, -0.2) is 32.1 Å². The van der Waals surface area contributed by atoms with E-state index in [1.165, 1.54) is 0 Å². The number of carbonyl (C=O) groups is 1. The van der Waals surface area contributed by atoms with Crippen molar-refractivity contribution in [1.82, 2.24) is 0 Å². The summed E-state index contributed by atoms with van der Waals surface area (Å²) in [6.07, 6.45) is 1.51. The number of rotatable bonds is 4. The molecule has 0 aliphatic carbocycles. The maximum Gasteiger partial charge on any atom is 0.0670 e. The SMILES string of the molecule is C=C(CC[P+](C)(C)C)C(=O)[O-]. The van der Waals surface area contributed by atoms with Crippen molar-refractivity contribution in [3.63, 3.8) is 0 Å². The molecule has 0 aliphatic heterocycles. The van der Waals surface area contributed by atoms with Crippen LogP contribution in [0.5, 0.6) is 0 Å². The van der Waals surface area contributed by atoms with Crippen molar-refractivity contribution in [3.8, 4) is 0 Å². The average Bonchev–Trinajstić information content (AvgIpc) is 1.80. The summed E-state index contributed by atoms with van der Waals surface area (Å²) in [5.74, 6) is -1.11. The van der Waals surface area contributed by atoms with E-state index >= 15 is 0 Å². The first-order valence-electron chi connectivity index (χ1n) is 3.52. The zero-order chi connectivity index (χ0) is 9.07. The van der Waals surface area contributed by atoms with E-state index in [0.29, 0.717) is 6.42 Å². The van der Waals surface area contributed by atoms with Crippen LogP contribution in [0.25, 0.3) is 0 Å². The largest absolute Gasteiger partial charge is 0.545 e. The van der Waals surface area contributed by atoms with Crippen molar-refractivity contribution >= 4 is 13.2 Å². The molecule has 0 saturated heterocycles. The molecule has 11 heavy (non-hydrogen) atoms. The van der Waals surface area contributed by atoms with Crippen LogP contribution >= 0.6 is 7.26 Å². The van der Waals surface area contributed by atoms with E-state index in [-0.39, 0.29) is 5.57 Å². The van der Waals surface area contributed by atoms with Gasteiger partial charge in [0.15, 0.2) is 0 Å². The van der Waals surface area contributed by atoms with Gasteiger partial charge >= 0.3 is 0 Å². The van der Waals surface area contributed by atoms with E-state index in [2.05, 4.69) is 26.6 Å². The second kappa shape index (κ2) is 3.87. The van der Waals surface area contributed by atoms with Gasteiger partial charge in [0.25, 0.3) is 0 Å². The zero-order valence-corrected chi connectivity index (χ0v) is 8.28. The van der Waals surface area contributed by atoms with E-state index < -0.39 is 13.2 Å². The van der Waals surface area contributed by atoms with Crippen molar-refractivity contribution in [3.05, 3.63) is 12.2 Å². The fourth-order valence-corrected chi connectivity index (χ4v) is 1.51. The molecule has 2 nitrogen and oxygen atoms in total. The molecule has 64 valence electrons. The summed E-state index contributed by atoms with van der Waals surface area (Å²) < 4.78 is 0. The zero-order valence-electron chi connectivity index (χ0n) is 7.39. The smallest absolute Gasteiger partial charge is 0.0670 e. The maximum atomic E-state index is 10.2. The van der Waals surface area contributed by atoms with Gasteiger partial charge in [-0.3, -0.25) is 0 Å². The van der Waals surface area contributed by atoms with E-state index in [0.717, 1.165) is 6.16 Å². The van der Waals surface area contributed by atoms with Crippen LogP contribution in [0.2, 0.25) is 0 Å². The van der Waals surface area contributed by atoms with Gasteiger partial charge in [-0.05, 0) is 5.57 Å². The van der Waals surface area contributed by atoms with E-state index in [9.17, 15) is 9.90 Å². The second-order valence-corrected chi connectivity index (χ2v) is 8.68. The molecule has 0 saturated carbocycles. The highest BCUT2D eigenvalue weighted by Crippen LogP contribution is 2.47. The number of carboxylic acids is 1. The molecular weight excluding hydrogens is 159 g/mol. The first-order chi connectivity index (χ1) is 4.83. The van der Waals surface area contributed by atoms with Crippen LogP contribution in [0.3, 0.4) is 0 Å². The average molecular weight is 174 g/mol. The highest BCUT2D eigenvalue weighted by Gasteiger charge is 2.16. The molecule has 0 radical (unpaired) electrons. The Hall–Kier alpha value is -0.360. The highest BCUT2D eigenvalue weighted by atomic mass is 31.2. The van der Waals surface area contributed by atoms with Crippen LogP contribution < -0.4 is 5.11 Å². The predicted molar refractivity (Wildman–Crippen MR) is 48.3 cm³/mol. The Morgan fingerprint density at radius 3 is 2.18 bits per heavy atom. The van der Waals surface area contributed by atoms with Crippen molar-refractivity contribution in [2.75, 3.05) is 26.2 Å². The van der Waals surface area contributed by atoms with Gasteiger partial charge in [0.2, 0.25) is 0 Å². The topological polar surface area (TPSA) is 40.1 Å². The molecule has 0 aromatic heterocycles. The van der Waals surface area contributed by atoms with Gasteiger partial charge in [-0.1, -0.05) is 6.58 Å². The Kier molecular flexibility index (Phi) is 3.74. The van der Waals surface area contributed by atoms with Crippen molar-refractivity contribution < 1.29 is 9.90 Å². The number of carboxylic acid groups (broad SMARTS) is 1. The Morgan fingerprint density at radius 2 is 1.91 bits per heavy atom. The summed E-state index contributed by atoms with van der Waals surface area (Å²) in [7, 11) is -0.861. The van der Waals surface area contributed by atoms with E-state index in [1.54, 1.807) is 0 Å². The fraction of sp³-hybridized carbons (Fsp3) is 0.625. The highest BCUT2D eigenvalue weighted by molar-refractivity contribution is 7.73. The number of hydrogen-bond acceptors (Lipinski definition) is 2. The van der Waals surface area contributed by atoms with Crippen LogP contribution in [0.1, 0.15) is 6.42 Å². The standard InChI is InChI=1S/C8H15O2P/c1-7(8(9)10)5-6-11(2,3)4/h1,5-6H2,2-4H3. The molecule has 0 aromatic rings. The Bertz CT molecular complexity index is 167. The van der Waals surface area contributed by atoms with Gasteiger partial charge in [0, 0.05) is 33.7 Å². The number of aliphatic carboxylic acids is 1. The lowest BCUT2D eigenvalue weighted by atomic mass is 10.2. The fourth-order valence-electron chi connectivity index (χ4n) is 0.572. The third-order valence-corrected chi connectivity index (χ3v) is 2.94. The molecule has 3 heteroatoms. The molecular formula is C8H15O2P. The van der Waals surface area contributed by atoms with Crippen molar-refractivity contribution in [2.45, 2.75) is 6.42 Å². The van der Waals surface area contributed by atoms with Crippen LogP contribution in [0.15, 0.2) is 12.2 Å². The molecule has 0 amide bonds. The number of carbonyl (C=O) groups excluding carboxylic acids is 1. The van der Waals surface area contributed by atoms with E-state index in [4.69, 9.17) is 0 Å². The maximum absolute atomic E-state index is 10.2. The third-order valence-electron chi connectivity index (χ3n) is 1.37. The molecule has 0 N–H and O–H groups in total. The van der Waals surface area contributed by atoms with Crippen LogP contribution in [0, 0.1) is 0 Å². The normalized spacial score (nSPS) is 11.2. The predicted octanol–water partition coefficient (Wildman–Crippen LogP) is 0.590. The minimum Gasteiger partial charge on any atom is -0.545 e. The summed E-state index contributed by atoms with van der Waals surface area (Å²) in [6, 6.07) is 0. The van der Waals surface area contributed by atoms with Gasteiger partial charge in [0.05, 0.1) is 12.1 Å². The molecule has 0 rings (SSSR count). The third kappa shape index (κ3) is 6.05. The van der Waals surface area contributed by atoms with Gasteiger partial charge in [-0.15, -0.1) is 0 Å². The molecule has 0 heterocycles. The van der Waals surface area contributed by atoms with Gasteiger partial charge < -0.3 is 9.90 Å². The lowest BCUT2D eigenvalue weighted by Gasteiger charge is -2.12. The van der Waals surface area contributed by atoms with Gasteiger partial charge in [-0.2, -0.15) is 0 Å². The summed E-state index contributed by atoms with van der Waals surface area (Å²) in [5, 5.41) is 10.2. The first-order valence-corrected chi connectivity index (χ1v) is 6.84. The molecule has 0 fully saturated rings. The van der Waals surface area contributed by atoms with Crippen LogP contribution in [0.4, 0.5) is 0 Å². The summed E-state index contributed by atoms with van der Waals surface area (Å²) in [6.45, 7) is 9.94. The molecule has 0 unspecified atom stereocenters. The summed E-state index contributed by atoms with van der Waals surface area (Å²) in [5.41, 5.74) is 0.222. The van der Waals surface area contributed by atoms with Crippen molar-refractivity contribution in [2.24, 2.45) is 0 Å². The Morgan fingerprint density at radius 1 is 1.45 bits per heavy atom. The quantitative estimate of drug-likeness (QED) is 0.462. The lowest BCUT2D eigenvalue weighted by Crippen LogP contribution is -2.24. The summed E-state index contributed by atoms with van der Waals surface area (Å²) in [4.78, 5) is 10.2. The minimum atomic E-state index is -1.11. The number of hydrogen-bond donors (Lipinski definition) is 0. The van der Waals surface area contributed by atoms with Crippen LogP contribution in [-0.2, 0) is 4.79 Å². The Labute approximate surface area is 68.6 Å². The minimum absolute atomic E-state index is 0.222. The summed E-state index contributed by atoms with van der Waals surface area (Å²) >= 11 is 0.